The summed E-state index contributed by atoms with van der Waals surface area (Å²) in [7, 11) is 0. The summed E-state index contributed by atoms with van der Waals surface area (Å²) in [5.41, 5.74) is 0.849. The lowest BCUT2D eigenvalue weighted by Crippen LogP contribution is -2.46. The first-order chi connectivity index (χ1) is 14.0. The van der Waals surface area contributed by atoms with Gasteiger partial charge in [-0.15, -0.1) is 0 Å². The average Bonchev–Trinajstić information content (AvgIpc) is 3.37. The summed E-state index contributed by atoms with van der Waals surface area (Å²) in [5.74, 6) is -1.99. The maximum atomic E-state index is 13.5. The minimum atomic E-state index is -0.699. The van der Waals surface area contributed by atoms with Crippen molar-refractivity contribution >= 4 is 46.5 Å². The van der Waals surface area contributed by atoms with Gasteiger partial charge in [-0.3, -0.25) is 19.3 Å². The van der Waals surface area contributed by atoms with E-state index >= 15 is 0 Å². The molecule has 3 aliphatic rings. The number of carbonyl (C=O) groups is 3. The van der Waals surface area contributed by atoms with Crippen LogP contribution in [0.5, 0.6) is 0 Å². The molecule has 3 heterocycles. The van der Waals surface area contributed by atoms with Crippen molar-refractivity contribution < 1.29 is 14.4 Å². The molecule has 0 unspecified atom stereocenters. The van der Waals surface area contributed by atoms with Gasteiger partial charge in [-0.2, -0.15) is 0 Å². The molecule has 3 aliphatic heterocycles. The number of rotatable bonds is 3. The highest BCUT2D eigenvalue weighted by molar-refractivity contribution is 6.45. The number of halogens is 2. The number of anilines is 1. The van der Waals surface area contributed by atoms with Gasteiger partial charge in [-0.1, -0.05) is 59.6 Å². The van der Waals surface area contributed by atoms with Crippen molar-refractivity contribution in [3.8, 4) is 0 Å². The lowest BCUT2D eigenvalue weighted by molar-refractivity contribution is -0.123. The van der Waals surface area contributed by atoms with Crippen LogP contribution in [0.4, 0.5) is 5.69 Å². The number of imide groups is 1. The quantitative estimate of drug-likeness (QED) is 0.550. The van der Waals surface area contributed by atoms with E-state index in [-0.39, 0.29) is 33.7 Å². The molecular weight excluding hydrogens is 411 g/mol. The minimum absolute atomic E-state index is 0.0999. The van der Waals surface area contributed by atoms with Gasteiger partial charge < -0.3 is 0 Å². The van der Waals surface area contributed by atoms with Gasteiger partial charge in [0.1, 0.15) is 0 Å². The molecule has 148 valence electrons. The topological polar surface area (TPSA) is 57.7 Å². The maximum Gasteiger partial charge on any atom is 0.239 e. The smallest absolute Gasteiger partial charge is 0.239 e. The maximum absolute atomic E-state index is 13.5. The van der Waals surface area contributed by atoms with Crippen molar-refractivity contribution in [2.75, 3.05) is 11.4 Å². The second-order valence-corrected chi connectivity index (χ2v) is 8.54. The first-order valence-electron chi connectivity index (χ1n) is 9.67. The average molecular weight is 429 g/mol. The van der Waals surface area contributed by atoms with Crippen LogP contribution in [-0.4, -0.2) is 41.1 Å². The van der Waals surface area contributed by atoms with E-state index in [2.05, 4.69) is 4.90 Å². The molecular formula is C22H18Cl2N2O3. The zero-order valence-corrected chi connectivity index (χ0v) is 16.9. The van der Waals surface area contributed by atoms with Crippen LogP contribution < -0.4 is 4.90 Å². The van der Waals surface area contributed by atoms with Gasteiger partial charge >= 0.3 is 0 Å². The van der Waals surface area contributed by atoms with E-state index in [1.54, 1.807) is 42.5 Å². The summed E-state index contributed by atoms with van der Waals surface area (Å²) in [6.07, 6.45) is 1.71. The van der Waals surface area contributed by atoms with Gasteiger partial charge in [-0.25, -0.2) is 4.90 Å². The highest BCUT2D eigenvalue weighted by Gasteiger charge is 2.64. The van der Waals surface area contributed by atoms with Crippen molar-refractivity contribution in [2.24, 2.45) is 11.8 Å². The third kappa shape index (κ3) is 2.68. The second-order valence-electron chi connectivity index (χ2n) is 7.76. The van der Waals surface area contributed by atoms with Crippen molar-refractivity contribution in [3.05, 3.63) is 64.1 Å². The molecule has 2 aromatic rings. The summed E-state index contributed by atoms with van der Waals surface area (Å²) in [4.78, 5) is 43.4. The number of fused-ring (bicyclic) bond motifs is 3. The number of benzene rings is 2. The molecule has 2 aromatic carbocycles. The van der Waals surface area contributed by atoms with E-state index in [0.29, 0.717) is 11.3 Å². The Morgan fingerprint density at radius 1 is 0.931 bits per heavy atom. The number of hydrogen-bond acceptors (Lipinski definition) is 4. The van der Waals surface area contributed by atoms with Gasteiger partial charge in [0.05, 0.1) is 33.6 Å². The summed E-state index contributed by atoms with van der Waals surface area (Å²) in [6, 6.07) is 13.1. The largest absolute Gasteiger partial charge is 0.292 e. The molecule has 0 saturated carbocycles. The van der Waals surface area contributed by atoms with Gasteiger partial charge in [0.2, 0.25) is 11.8 Å². The molecule has 5 rings (SSSR count). The van der Waals surface area contributed by atoms with Crippen LogP contribution in [0.1, 0.15) is 23.2 Å². The number of carbonyl (C=O) groups excluding carboxylic acids is 3. The number of nitrogens with zero attached hydrogens (tertiary/aromatic N) is 2. The summed E-state index contributed by atoms with van der Waals surface area (Å²) >= 11 is 12.4. The molecule has 3 saturated heterocycles. The number of amides is 2. The normalized spacial score (nSPS) is 28.7. The van der Waals surface area contributed by atoms with E-state index in [9.17, 15) is 14.4 Å². The Kier molecular flexibility index (Phi) is 4.50. The molecule has 0 aromatic heterocycles. The summed E-state index contributed by atoms with van der Waals surface area (Å²) in [6.45, 7) is 0.722. The lowest BCUT2D eigenvalue weighted by atomic mass is 9.85. The van der Waals surface area contributed by atoms with Crippen LogP contribution >= 0.6 is 23.2 Å². The van der Waals surface area contributed by atoms with E-state index in [1.165, 1.54) is 0 Å². The molecule has 29 heavy (non-hydrogen) atoms. The zero-order valence-electron chi connectivity index (χ0n) is 15.4. The van der Waals surface area contributed by atoms with E-state index < -0.39 is 17.9 Å². The molecule has 7 heteroatoms. The standard InChI is InChI=1S/C22H18Cl2N2O3/c23-13-8-4-9-15(18(13)24)26-21(28)16-14-10-5-11-25(14)19(17(16)22(26)29)20(27)12-6-2-1-3-7-12/h1-4,6-9,14,16-17,19H,5,10-11H2/t14-,16+,17+,19-/m0/s1. The monoisotopic (exact) mass is 428 g/mol. The Hall–Kier alpha value is -2.21. The SMILES string of the molecule is O=C(c1ccccc1)[C@@H]1[C@@H]2C(=O)N(c3cccc(Cl)c3Cl)C(=O)[C@@H]2[C@@H]2CCCN12. The third-order valence-electron chi connectivity index (χ3n) is 6.35. The van der Waals surface area contributed by atoms with Crippen molar-refractivity contribution in [1.82, 2.24) is 4.90 Å². The van der Waals surface area contributed by atoms with Crippen molar-refractivity contribution in [3.63, 3.8) is 0 Å². The molecule has 0 aliphatic carbocycles. The molecule has 3 fully saturated rings. The highest BCUT2D eigenvalue weighted by Crippen LogP contribution is 2.49. The van der Waals surface area contributed by atoms with Gasteiger partial charge in [0.15, 0.2) is 5.78 Å². The fraction of sp³-hybridized carbons (Fsp3) is 0.318. The fourth-order valence-corrected chi connectivity index (χ4v) is 5.57. The molecule has 0 spiro atoms. The Morgan fingerprint density at radius 2 is 1.66 bits per heavy atom. The van der Waals surface area contributed by atoms with E-state index in [0.717, 1.165) is 24.3 Å². The third-order valence-corrected chi connectivity index (χ3v) is 7.16. The fourth-order valence-electron chi connectivity index (χ4n) is 5.19. The Balaban J connectivity index is 1.58. The van der Waals surface area contributed by atoms with Gasteiger partial charge in [0.25, 0.3) is 0 Å². The minimum Gasteiger partial charge on any atom is -0.292 e. The van der Waals surface area contributed by atoms with Crippen LogP contribution in [-0.2, 0) is 9.59 Å². The number of Topliss-reactive ketones (excluding diaryl/α,β-unsaturated/α-hetero) is 1. The Morgan fingerprint density at radius 3 is 2.41 bits per heavy atom. The van der Waals surface area contributed by atoms with Crippen LogP contribution in [0.15, 0.2) is 48.5 Å². The predicted octanol–water partition coefficient (Wildman–Crippen LogP) is 3.83. The van der Waals surface area contributed by atoms with E-state index in [1.807, 2.05) is 6.07 Å². The van der Waals surface area contributed by atoms with E-state index in [4.69, 9.17) is 23.2 Å². The van der Waals surface area contributed by atoms with Crippen molar-refractivity contribution in [1.29, 1.82) is 0 Å². The molecule has 0 N–H and O–H groups in total. The Bertz CT molecular complexity index is 1030. The van der Waals surface area contributed by atoms with Crippen molar-refractivity contribution in [2.45, 2.75) is 24.9 Å². The first kappa shape index (κ1) is 18.8. The van der Waals surface area contributed by atoms with Crippen LogP contribution in [0.3, 0.4) is 0 Å². The summed E-state index contributed by atoms with van der Waals surface area (Å²) < 4.78 is 0. The number of ketones is 1. The van der Waals surface area contributed by atoms with Crippen LogP contribution in [0.2, 0.25) is 10.0 Å². The molecule has 2 amide bonds. The molecule has 0 bridgehead atoms. The first-order valence-corrected chi connectivity index (χ1v) is 10.4. The lowest BCUT2D eigenvalue weighted by Gasteiger charge is -2.27. The molecule has 0 radical (unpaired) electrons. The highest BCUT2D eigenvalue weighted by atomic mass is 35.5. The number of hydrogen-bond donors (Lipinski definition) is 0. The Labute approximate surface area is 178 Å². The van der Waals surface area contributed by atoms with Crippen LogP contribution in [0, 0.1) is 11.8 Å². The summed E-state index contributed by atoms with van der Waals surface area (Å²) in [5, 5.41) is 0.450. The molecule has 4 atom stereocenters. The molecule has 5 nitrogen and oxygen atoms in total. The van der Waals surface area contributed by atoms with Gasteiger partial charge in [0, 0.05) is 11.6 Å². The predicted molar refractivity (Wildman–Crippen MR) is 110 cm³/mol. The zero-order chi connectivity index (χ0) is 20.3. The van der Waals surface area contributed by atoms with Gasteiger partial charge in [-0.05, 0) is 31.5 Å². The second kappa shape index (κ2) is 6.94. The van der Waals surface area contributed by atoms with Crippen LogP contribution in [0.25, 0.3) is 0 Å².